The molecule has 1 saturated carbocycles. The van der Waals surface area contributed by atoms with E-state index in [0.29, 0.717) is 38.7 Å². The summed E-state index contributed by atoms with van der Waals surface area (Å²) in [5, 5.41) is 14.5. The van der Waals surface area contributed by atoms with Crippen molar-refractivity contribution in [1.29, 1.82) is 0 Å². The number of aliphatic hydroxyl groups is 1. The standard InChI is InChI=1S/C29H39IN2O6S/c1-3-13-32(39-24-11-9-23(38-30)10-12-24)16-27(33)26(14-20-7-5-4-6-8-20)31-29(34)37-28-22-15-21(17-36-18-22)25(28)19-35-2/h4-12,21-22,25-28,33H,3,13-19H2,1-2H3,(H,31,34)/t21?,22-,25?,26+,27?,28?/m1/s1. The molecule has 2 aliphatic rings. The summed E-state index contributed by atoms with van der Waals surface area (Å²) in [5.74, 6) is 1.42. The number of alkyl carbamates (subject to hydrolysis) is 1. The first kappa shape index (κ1) is 30.4. The number of nitrogens with zero attached hydrogens (tertiary/aromatic N) is 1. The van der Waals surface area contributed by atoms with Gasteiger partial charge in [0.25, 0.3) is 0 Å². The molecular formula is C29H39IN2O6S. The number of carbonyl (C=O) groups excluding carboxylic acids is 1. The number of rotatable bonds is 14. The van der Waals surface area contributed by atoms with Crippen LogP contribution in [0.5, 0.6) is 5.75 Å². The van der Waals surface area contributed by atoms with Crippen LogP contribution in [0.15, 0.2) is 59.5 Å². The van der Waals surface area contributed by atoms with Crippen LogP contribution >= 0.6 is 35.0 Å². The number of aliphatic hydroxyl groups excluding tert-OH is 1. The lowest BCUT2D eigenvalue weighted by molar-refractivity contribution is 0.00784. The predicted molar refractivity (Wildman–Crippen MR) is 160 cm³/mol. The van der Waals surface area contributed by atoms with Gasteiger partial charge in [-0.05, 0) is 67.0 Å². The Bertz CT molecular complexity index is 1020. The molecule has 10 heteroatoms. The molecule has 1 saturated heterocycles. The summed E-state index contributed by atoms with van der Waals surface area (Å²) >= 11 is 3.45. The van der Waals surface area contributed by atoms with Gasteiger partial charge in [0.05, 0.1) is 25.4 Å². The molecule has 0 spiro atoms. The number of hydrogen-bond donors (Lipinski definition) is 2. The highest BCUT2D eigenvalue weighted by molar-refractivity contribution is 14.1. The average Bonchev–Trinajstić information content (AvgIpc) is 3.17. The van der Waals surface area contributed by atoms with Crippen LogP contribution in [-0.2, 0) is 20.6 Å². The number of nitrogens with one attached hydrogen (secondary N) is 1. The number of amides is 1. The van der Waals surface area contributed by atoms with Crippen molar-refractivity contribution in [2.45, 2.75) is 49.3 Å². The van der Waals surface area contributed by atoms with Gasteiger partial charge in [0.1, 0.15) is 11.9 Å². The summed E-state index contributed by atoms with van der Waals surface area (Å²) in [6, 6.07) is 17.2. The third kappa shape index (κ3) is 8.71. The zero-order valence-corrected chi connectivity index (χ0v) is 25.5. The fourth-order valence-corrected chi connectivity index (χ4v) is 6.92. The third-order valence-corrected chi connectivity index (χ3v) is 9.02. The Kier molecular flexibility index (Phi) is 12.0. The molecule has 2 aromatic rings. The van der Waals surface area contributed by atoms with E-state index in [1.165, 1.54) is 0 Å². The molecule has 214 valence electrons. The number of carbonyl (C=O) groups is 1. The van der Waals surface area contributed by atoms with Crippen LogP contribution in [0, 0.1) is 17.8 Å². The molecule has 2 N–H and O–H groups in total. The van der Waals surface area contributed by atoms with Crippen LogP contribution in [-0.4, -0.2) is 73.8 Å². The SMILES string of the molecule is CCCN(CC(O)[C@H](Cc1ccccc1)NC(=O)OC1C(COC)C2COC[C@H]1C2)Sc1ccc(OI)cc1. The Morgan fingerprint density at radius 1 is 1.18 bits per heavy atom. The minimum absolute atomic E-state index is 0.117. The number of ether oxygens (including phenoxy) is 3. The van der Waals surface area contributed by atoms with Gasteiger partial charge in [0.15, 0.2) is 23.0 Å². The molecule has 0 aromatic heterocycles. The molecule has 6 atom stereocenters. The van der Waals surface area contributed by atoms with Crippen molar-refractivity contribution in [2.75, 3.05) is 40.0 Å². The number of hydrogen-bond acceptors (Lipinski definition) is 8. The smallest absolute Gasteiger partial charge is 0.407 e. The second-order valence-corrected chi connectivity index (χ2v) is 11.9. The highest BCUT2D eigenvalue weighted by atomic mass is 127. The molecule has 4 unspecified atom stereocenters. The van der Waals surface area contributed by atoms with Crippen molar-refractivity contribution in [1.82, 2.24) is 9.62 Å². The minimum atomic E-state index is -0.810. The molecule has 1 aliphatic carbocycles. The molecule has 1 amide bonds. The van der Waals surface area contributed by atoms with Crippen LogP contribution in [0.25, 0.3) is 0 Å². The van der Waals surface area contributed by atoms with E-state index >= 15 is 0 Å². The van der Waals surface area contributed by atoms with Crippen molar-refractivity contribution >= 4 is 41.0 Å². The maximum Gasteiger partial charge on any atom is 0.407 e. The molecule has 2 aromatic carbocycles. The predicted octanol–water partition coefficient (Wildman–Crippen LogP) is 5.13. The lowest BCUT2D eigenvalue weighted by Gasteiger charge is -2.30. The Hall–Kier alpha value is -1.57. The van der Waals surface area contributed by atoms with E-state index in [2.05, 4.69) is 16.5 Å². The fourth-order valence-electron chi connectivity index (χ4n) is 5.57. The van der Waals surface area contributed by atoms with E-state index in [1.54, 1.807) is 19.1 Å². The van der Waals surface area contributed by atoms with Gasteiger partial charge in [-0.25, -0.2) is 9.10 Å². The van der Waals surface area contributed by atoms with E-state index in [0.717, 1.165) is 35.6 Å². The molecule has 0 radical (unpaired) electrons. The number of benzene rings is 2. The largest absolute Gasteiger partial charge is 0.445 e. The highest BCUT2D eigenvalue weighted by Crippen LogP contribution is 2.42. The lowest BCUT2D eigenvalue weighted by Crippen LogP contribution is -2.50. The topological polar surface area (TPSA) is 89.5 Å². The number of methoxy groups -OCH3 is 1. The molecule has 8 nitrogen and oxygen atoms in total. The first-order valence-electron chi connectivity index (χ1n) is 13.6. The summed E-state index contributed by atoms with van der Waals surface area (Å²) in [7, 11) is 1.68. The van der Waals surface area contributed by atoms with Crippen LogP contribution < -0.4 is 8.38 Å². The lowest BCUT2D eigenvalue weighted by atomic mass is 9.96. The van der Waals surface area contributed by atoms with Crippen LogP contribution in [0.2, 0.25) is 0 Å². The van der Waals surface area contributed by atoms with Crippen molar-refractivity contribution in [3.05, 3.63) is 60.2 Å². The van der Waals surface area contributed by atoms with Gasteiger partial charge in [-0.2, -0.15) is 0 Å². The first-order valence-corrected chi connectivity index (χ1v) is 15.2. The van der Waals surface area contributed by atoms with E-state index < -0.39 is 18.2 Å². The second kappa shape index (κ2) is 15.4. The normalized spacial score (nSPS) is 23.8. The van der Waals surface area contributed by atoms with Gasteiger partial charge < -0.3 is 27.7 Å². The van der Waals surface area contributed by atoms with E-state index in [1.807, 2.05) is 77.6 Å². The monoisotopic (exact) mass is 670 g/mol. The van der Waals surface area contributed by atoms with Crippen LogP contribution in [0.4, 0.5) is 4.79 Å². The van der Waals surface area contributed by atoms with Gasteiger partial charge >= 0.3 is 6.09 Å². The second-order valence-electron chi connectivity index (χ2n) is 10.3. The molecular weight excluding hydrogens is 631 g/mol. The van der Waals surface area contributed by atoms with Gasteiger partial charge in [0, 0.05) is 43.5 Å². The third-order valence-electron chi connectivity index (χ3n) is 7.44. The Balaban J connectivity index is 1.43. The molecule has 1 heterocycles. The zero-order valence-electron chi connectivity index (χ0n) is 22.5. The molecule has 4 rings (SSSR count). The van der Waals surface area contributed by atoms with Gasteiger partial charge in [-0.15, -0.1) is 0 Å². The molecule has 39 heavy (non-hydrogen) atoms. The highest BCUT2D eigenvalue weighted by Gasteiger charge is 2.48. The van der Waals surface area contributed by atoms with Crippen molar-refractivity contribution in [2.24, 2.45) is 17.8 Å². The number of halogens is 1. The quantitative estimate of drug-likeness (QED) is 0.212. The molecule has 1 aliphatic heterocycles. The van der Waals surface area contributed by atoms with Gasteiger partial charge in [-0.3, -0.25) is 0 Å². The summed E-state index contributed by atoms with van der Waals surface area (Å²) in [6.07, 6.45) is 0.836. The van der Waals surface area contributed by atoms with E-state index in [4.69, 9.17) is 17.3 Å². The Morgan fingerprint density at radius 3 is 2.62 bits per heavy atom. The first-order chi connectivity index (χ1) is 19.0. The maximum atomic E-state index is 13.2. The van der Waals surface area contributed by atoms with Gasteiger partial charge in [0.2, 0.25) is 0 Å². The van der Waals surface area contributed by atoms with Gasteiger partial charge in [-0.1, -0.05) is 37.3 Å². The number of fused-ring (bicyclic) bond motifs is 2. The Morgan fingerprint density at radius 2 is 1.92 bits per heavy atom. The minimum Gasteiger partial charge on any atom is -0.445 e. The van der Waals surface area contributed by atoms with Crippen molar-refractivity contribution in [3.8, 4) is 5.75 Å². The average molecular weight is 671 g/mol. The summed E-state index contributed by atoms with van der Waals surface area (Å²) in [6.45, 7) is 5.10. The van der Waals surface area contributed by atoms with E-state index in [9.17, 15) is 9.90 Å². The van der Waals surface area contributed by atoms with Crippen LogP contribution in [0.3, 0.4) is 0 Å². The van der Waals surface area contributed by atoms with Crippen LogP contribution in [0.1, 0.15) is 25.3 Å². The molecule has 2 bridgehead atoms. The summed E-state index contributed by atoms with van der Waals surface area (Å²) in [5.41, 5.74) is 1.04. The Labute approximate surface area is 249 Å². The van der Waals surface area contributed by atoms with Crippen molar-refractivity contribution < 1.29 is 27.2 Å². The maximum absolute atomic E-state index is 13.2. The fraction of sp³-hybridized carbons (Fsp3) is 0.552. The summed E-state index contributed by atoms with van der Waals surface area (Å²) < 4.78 is 24.6. The van der Waals surface area contributed by atoms with E-state index in [-0.39, 0.29) is 17.9 Å². The summed E-state index contributed by atoms with van der Waals surface area (Å²) in [4.78, 5) is 14.3. The molecule has 2 fully saturated rings. The van der Waals surface area contributed by atoms with Crippen molar-refractivity contribution in [3.63, 3.8) is 0 Å². The zero-order chi connectivity index (χ0) is 27.6.